The van der Waals surface area contributed by atoms with E-state index in [1.54, 1.807) is 12.1 Å². The molecule has 0 aliphatic carbocycles. The SMILES string of the molecule is Cc1nnc(CNC(=NCc2ccccc2)NCC(C)(C)c2cccc(F)c2)n1C. The van der Waals surface area contributed by atoms with Gasteiger partial charge in [-0.2, -0.15) is 0 Å². The summed E-state index contributed by atoms with van der Waals surface area (Å²) in [6.45, 7) is 7.72. The molecule has 0 aliphatic heterocycles. The Labute approximate surface area is 177 Å². The Bertz CT molecular complexity index is 994. The molecular formula is C23H29FN6. The maximum atomic E-state index is 13.7. The van der Waals surface area contributed by atoms with Gasteiger partial charge in [-0.3, -0.25) is 0 Å². The number of aromatic nitrogens is 3. The highest BCUT2D eigenvalue weighted by atomic mass is 19.1. The fourth-order valence-corrected chi connectivity index (χ4v) is 3.01. The molecule has 3 rings (SSSR count). The minimum Gasteiger partial charge on any atom is -0.356 e. The Morgan fingerprint density at radius 3 is 2.50 bits per heavy atom. The fourth-order valence-electron chi connectivity index (χ4n) is 3.01. The van der Waals surface area contributed by atoms with Crippen molar-refractivity contribution in [2.75, 3.05) is 6.54 Å². The van der Waals surface area contributed by atoms with Gasteiger partial charge in [0.1, 0.15) is 11.6 Å². The van der Waals surface area contributed by atoms with Gasteiger partial charge < -0.3 is 15.2 Å². The van der Waals surface area contributed by atoms with Gasteiger partial charge in [-0.15, -0.1) is 10.2 Å². The summed E-state index contributed by atoms with van der Waals surface area (Å²) in [5.74, 6) is 2.12. The van der Waals surface area contributed by atoms with E-state index in [0.717, 1.165) is 22.8 Å². The zero-order valence-electron chi connectivity index (χ0n) is 18.0. The van der Waals surface area contributed by atoms with Crippen LogP contribution in [0.2, 0.25) is 0 Å². The first-order valence-electron chi connectivity index (χ1n) is 10.0. The molecule has 0 spiro atoms. The molecule has 1 heterocycles. The van der Waals surface area contributed by atoms with Crippen molar-refractivity contribution in [3.05, 3.63) is 83.2 Å². The van der Waals surface area contributed by atoms with Crippen LogP contribution in [0.3, 0.4) is 0 Å². The monoisotopic (exact) mass is 408 g/mol. The molecule has 3 aromatic rings. The number of hydrogen-bond acceptors (Lipinski definition) is 3. The van der Waals surface area contributed by atoms with Crippen LogP contribution in [0.5, 0.6) is 0 Å². The fraction of sp³-hybridized carbons (Fsp3) is 0.348. The van der Waals surface area contributed by atoms with Gasteiger partial charge in [0.2, 0.25) is 0 Å². The van der Waals surface area contributed by atoms with Crippen LogP contribution in [-0.2, 0) is 25.6 Å². The second-order valence-electron chi connectivity index (χ2n) is 7.97. The molecule has 6 nitrogen and oxygen atoms in total. The number of hydrogen-bond donors (Lipinski definition) is 2. The zero-order chi connectivity index (χ0) is 21.6. The zero-order valence-corrected chi connectivity index (χ0v) is 18.0. The number of nitrogens with zero attached hydrogens (tertiary/aromatic N) is 4. The smallest absolute Gasteiger partial charge is 0.192 e. The molecule has 0 atom stereocenters. The molecule has 158 valence electrons. The molecule has 2 aromatic carbocycles. The third-order valence-corrected chi connectivity index (χ3v) is 5.16. The topological polar surface area (TPSA) is 67.1 Å². The summed E-state index contributed by atoms with van der Waals surface area (Å²) in [4.78, 5) is 4.72. The van der Waals surface area contributed by atoms with Gasteiger partial charge in [0.25, 0.3) is 0 Å². The van der Waals surface area contributed by atoms with Gasteiger partial charge in [-0.05, 0) is 30.2 Å². The molecule has 0 aliphatic rings. The minimum absolute atomic E-state index is 0.227. The van der Waals surface area contributed by atoms with Crippen LogP contribution in [-0.4, -0.2) is 27.3 Å². The van der Waals surface area contributed by atoms with Crippen LogP contribution < -0.4 is 10.6 Å². The summed E-state index contributed by atoms with van der Waals surface area (Å²) in [6, 6.07) is 16.8. The van der Waals surface area contributed by atoms with Crippen LogP contribution >= 0.6 is 0 Å². The maximum absolute atomic E-state index is 13.7. The second kappa shape index (κ2) is 9.52. The molecule has 30 heavy (non-hydrogen) atoms. The first kappa shape index (κ1) is 21.5. The van der Waals surface area contributed by atoms with Gasteiger partial charge in [0.05, 0.1) is 13.1 Å². The summed E-state index contributed by atoms with van der Waals surface area (Å²) >= 11 is 0. The first-order valence-corrected chi connectivity index (χ1v) is 10.0. The van der Waals surface area contributed by atoms with Gasteiger partial charge >= 0.3 is 0 Å². The Hall–Kier alpha value is -3.22. The lowest BCUT2D eigenvalue weighted by atomic mass is 9.84. The first-order chi connectivity index (χ1) is 14.3. The van der Waals surface area contributed by atoms with Crippen molar-refractivity contribution < 1.29 is 4.39 Å². The van der Waals surface area contributed by atoms with Crippen LogP contribution in [0.4, 0.5) is 4.39 Å². The maximum Gasteiger partial charge on any atom is 0.192 e. The molecule has 2 N–H and O–H groups in total. The summed E-state index contributed by atoms with van der Waals surface area (Å²) in [6.07, 6.45) is 0. The number of nitrogens with one attached hydrogen (secondary N) is 2. The van der Waals surface area contributed by atoms with Crippen molar-refractivity contribution in [2.24, 2.45) is 12.0 Å². The van der Waals surface area contributed by atoms with E-state index in [0.29, 0.717) is 25.6 Å². The standard InChI is InChI=1S/C23H29FN6/c1-17-28-29-21(30(17)4)15-26-22(25-14-18-9-6-5-7-10-18)27-16-23(2,3)19-11-8-12-20(24)13-19/h5-13H,14-16H2,1-4H3,(H2,25,26,27). The highest BCUT2D eigenvalue weighted by molar-refractivity contribution is 5.79. The van der Waals surface area contributed by atoms with E-state index in [4.69, 9.17) is 4.99 Å². The quantitative estimate of drug-likeness (QED) is 0.464. The molecule has 0 radical (unpaired) electrons. The van der Waals surface area contributed by atoms with Crippen molar-refractivity contribution >= 4 is 5.96 Å². The van der Waals surface area contributed by atoms with E-state index >= 15 is 0 Å². The van der Waals surface area contributed by atoms with Gasteiger partial charge in [-0.25, -0.2) is 9.38 Å². The molecule has 0 saturated heterocycles. The van der Waals surface area contributed by atoms with Crippen LogP contribution in [0.25, 0.3) is 0 Å². The highest BCUT2D eigenvalue weighted by Gasteiger charge is 2.21. The van der Waals surface area contributed by atoms with Gasteiger partial charge in [0, 0.05) is 19.0 Å². The Kier molecular flexibility index (Phi) is 6.82. The lowest BCUT2D eigenvalue weighted by Gasteiger charge is -2.27. The highest BCUT2D eigenvalue weighted by Crippen LogP contribution is 2.22. The van der Waals surface area contributed by atoms with Crippen LogP contribution in [0.15, 0.2) is 59.6 Å². The molecule has 0 bridgehead atoms. The number of rotatable bonds is 7. The third-order valence-electron chi connectivity index (χ3n) is 5.16. The number of benzene rings is 2. The summed E-state index contributed by atoms with van der Waals surface area (Å²) in [5.41, 5.74) is 1.78. The van der Waals surface area contributed by atoms with E-state index in [1.807, 2.05) is 54.9 Å². The van der Waals surface area contributed by atoms with E-state index in [-0.39, 0.29) is 11.2 Å². The van der Waals surface area contributed by atoms with E-state index in [9.17, 15) is 4.39 Å². The summed E-state index contributed by atoms with van der Waals surface area (Å²) < 4.78 is 15.6. The van der Waals surface area contributed by atoms with Crippen molar-refractivity contribution in [1.29, 1.82) is 0 Å². The average molecular weight is 409 g/mol. The normalized spacial score (nSPS) is 12.1. The third kappa shape index (κ3) is 5.65. The second-order valence-corrected chi connectivity index (χ2v) is 7.97. The number of aryl methyl sites for hydroxylation is 1. The van der Waals surface area contributed by atoms with Gasteiger partial charge in [-0.1, -0.05) is 56.3 Å². The molecule has 0 unspecified atom stereocenters. The molecule has 7 heteroatoms. The Morgan fingerprint density at radius 2 is 1.83 bits per heavy atom. The average Bonchev–Trinajstić information content (AvgIpc) is 3.06. The summed E-state index contributed by atoms with van der Waals surface area (Å²) in [7, 11) is 1.94. The molecule has 0 fully saturated rings. The predicted octanol–water partition coefficient (Wildman–Crippen LogP) is 3.48. The van der Waals surface area contributed by atoms with Crippen molar-refractivity contribution in [2.45, 2.75) is 39.3 Å². The van der Waals surface area contributed by atoms with Gasteiger partial charge in [0.15, 0.2) is 11.8 Å². The molecule has 1 aromatic heterocycles. The van der Waals surface area contributed by atoms with Crippen molar-refractivity contribution in [3.63, 3.8) is 0 Å². The van der Waals surface area contributed by atoms with Crippen molar-refractivity contribution in [1.82, 2.24) is 25.4 Å². The summed E-state index contributed by atoms with van der Waals surface area (Å²) in [5, 5.41) is 15.0. The van der Waals surface area contributed by atoms with E-state index in [1.165, 1.54) is 6.07 Å². The predicted molar refractivity (Wildman–Crippen MR) is 118 cm³/mol. The van der Waals surface area contributed by atoms with E-state index in [2.05, 4.69) is 34.7 Å². The minimum atomic E-state index is -0.279. The Morgan fingerprint density at radius 1 is 1.07 bits per heavy atom. The number of guanidine groups is 1. The molecule has 0 saturated carbocycles. The molecular weight excluding hydrogens is 379 g/mol. The van der Waals surface area contributed by atoms with Crippen molar-refractivity contribution in [3.8, 4) is 0 Å². The lowest BCUT2D eigenvalue weighted by molar-refractivity contribution is 0.502. The lowest BCUT2D eigenvalue weighted by Crippen LogP contribution is -2.43. The number of aliphatic imine (C=N–C) groups is 1. The number of halogens is 1. The Balaban J connectivity index is 1.72. The van der Waals surface area contributed by atoms with Crippen LogP contribution in [0.1, 0.15) is 36.6 Å². The van der Waals surface area contributed by atoms with E-state index < -0.39 is 0 Å². The largest absolute Gasteiger partial charge is 0.356 e. The molecule has 0 amide bonds. The van der Waals surface area contributed by atoms with Crippen LogP contribution in [0, 0.1) is 12.7 Å².